The second kappa shape index (κ2) is 7.92. The molecule has 0 spiro atoms. The van der Waals surface area contributed by atoms with Crippen LogP contribution >= 0.6 is 0 Å². The number of aromatic nitrogens is 5. The van der Waals surface area contributed by atoms with Crippen LogP contribution in [0, 0.1) is 13.8 Å². The van der Waals surface area contributed by atoms with Gasteiger partial charge in [-0.3, -0.25) is 9.69 Å². The lowest BCUT2D eigenvalue weighted by Gasteiger charge is -2.27. The number of hydrogen-bond acceptors (Lipinski definition) is 6. The Hall–Kier alpha value is -2.58. The first-order valence-electron chi connectivity index (χ1n) is 10.9. The van der Waals surface area contributed by atoms with Crippen LogP contribution in [0.4, 0.5) is 0 Å². The van der Waals surface area contributed by atoms with Crippen molar-refractivity contribution >= 4 is 10.9 Å². The normalized spacial score (nSPS) is 20.9. The van der Waals surface area contributed by atoms with Crippen molar-refractivity contribution in [3.05, 3.63) is 51.1 Å². The highest BCUT2D eigenvalue weighted by atomic mass is 16.5. The van der Waals surface area contributed by atoms with E-state index in [0.717, 1.165) is 73.2 Å². The molecule has 0 amide bonds. The Morgan fingerprint density at radius 3 is 2.77 bits per heavy atom. The maximum atomic E-state index is 13.3. The van der Waals surface area contributed by atoms with Crippen LogP contribution in [0.1, 0.15) is 54.2 Å². The molecule has 1 N–H and O–H groups in total. The molecule has 30 heavy (non-hydrogen) atoms. The molecule has 2 fully saturated rings. The summed E-state index contributed by atoms with van der Waals surface area (Å²) in [5.41, 5.74) is 3.76. The van der Waals surface area contributed by atoms with E-state index < -0.39 is 0 Å². The number of H-pyrrole nitrogens is 1. The lowest BCUT2D eigenvalue weighted by atomic mass is 9.99. The van der Waals surface area contributed by atoms with Crippen molar-refractivity contribution in [2.24, 2.45) is 0 Å². The van der Waals surface area contributed by atoms with Crippen molar-refractivity contribution in [3.63, 3.8) is 0 Å². The Morgan fingerprint density at radius 1 is 1.20 bits per heavy atom. The molecule has 8 heteroatoms. The zero-order valence-electron chi connectivity index (χ0n) is 17.6. The Morgan fingerprint density at radius 2 is 2.00 bits per heavy atom. The summed E-state index contributed by atoms with van der Waals surface area (Å²) in [5.74, 6) is 0.725. The number of nitrogens with zero attached hydrogens (tertiary/aromatic N) is 5. The van der Waals surface area contributed by atoms with Crippen LogP contribution in [0.3, 0.4) is 0 Å². The number of aromatic amines is 1. The quantitative estimate of drug-likeness (QED) is 0.698. The Bertz CT molecular complexity index is 1110. The van der Waals surface area contributed by atoms with Crippen LogP contribution in [0.5, 0.6) is 0 Å². The molecule has 2 aliphatic rings. The zero-order chi connectivity index (χ0) is 20.7. The molecular weight excluding hydrogens is 380 g/mol. The Kier molecular flexibility index (Phi) is 5.12. The summed E-state index contributed by atoms with van der Waals surface area (Å²) in [6, 6.07) is 5.93. The molecule has 2 saturated heterocycles. The van der Waals surface area contributed by atoms with Gasteiger partial charge in [-0.2, -0.15) is 0 Å². The summed E-state index contributed by atoms with van der Waals surface area (Å²) in [6.07, 6.45) is 4.45. The van der Waals surface area contributed by atoms with Gasteiger partial charge in [0.15, 0.2) is 5.82 Å². The number of benzene rings is 1. The second-order valence-electron chi connectivity index (χ2n) is 8.54. The predicted octanol–water partition coefficient (Wildman–Crippen LogP) is 2.50. The fraction of sp³-hybridized carbons (Fsp3) is 0.545. The third-order valence-electron chi connectivity index (χ3n) is 6.48. The van der Waals surface area contributed by atoms with E-state index in [1.54, 1.807) is 0 Å². The van der Waals surface area contributed by atoms with Crippen molar-refractivity contribution in [2.45, 2.75) is 58.2 Å². The van der Waals surface area contributed by atoms with Crippen molar-refractivity contribution < 1.29 is 4.74 Å². The van der Waals surface area contributed by atoms with Crippen molar-refractivity contribution in [1.29, 1.82) is 0 Å². The summed E-state index contributed by atoms with van der Waals surface area (Å²) in [4.78, 5) is 18.7. The molecule has 0 bridgehead atoms. The molecule has 2 aromatic heterocycles. The van der Waals surface area contributed by atoms with Crippen LogP contribution in [-0.2, 0) is 11.3 Å². The van der Waals surface area contributed by atoms with Gasteiger partial charge in [0.2, 0.25) is 0 Å². The van der Waals surface area contributed by atoms with Crippen LogP contribution < -0.4 is 5.56 Å². The summed E-state index contributed by atoms with van der Waals surface area (Å²) >= 11 is 0. The van der Waals surface area contributed by atoms with Gasteiger partial charge in [-0.15, -0.1) is 5.10 Å². The number of aryl methyl sites for hydroxylation is 2. The molecule has 0 aliphatic carbocycles. The lowest BCUT2D eigenvalue weighted by molar-refractivity contribution is 0.0912. The average Bonchev–Trinajstić information content (AvgIpc) is 3.50. The topological polar surface area (TPSA) is 88.9 Å². The van der Waals surface area contributed by atoms with E-state index in [9.17, 15) is 4.79 Å². The van der Waals surface area contributed by atoms with Gasteiger partial charge in [0.25, 0.3) is 5.56 Å². The number of nitrogens with one attached hydrogen (secondary N) is 1. The van der Waals surface area contributed by atoms with Crippen LogP contribution in [-0.4, -0.2) is 55.9 Å². The highest BCUT2D eigenvalue weighted by Gasteiger charge is 2.33. The molecule has 5 rings (SSSR count). The number of likely N-dealkylation sites (tertiary alicyclic amines) is 1. The van der Waals surface area contributed by atoms with Gasteiger partial charge in [-0.05, 0) is 80.2 Å². The number of tetrazole rings is 1. The van der Waals surface area contributed by atoms with Gasteiger partial charge in [0.05, 0.1) is 18.2 Å². The SMILES string of the molecule is Cc1ccc(C)c2[nH]c(=O)c(C(c3nnnn3CC3CCCO3)N3CCCC3)cc12. The van der Waals surface area contributed by atoms with E-state index in [1.165, 1.54) is 0 Å². The van der Waals surface area contributed by atoms with E-state index in [1.807, 2.05) is 23.7 Å². The number of hydrogen-bond donors (Lipinski definition) is 1. The molecule has 3 aromatic rings. The monoisotopic (exact) mass is 408 g/mol. The summed E-state index contributed by atoms with van der Waals surface area (Å²) in [6.45, 7) is 7.38. The maximum Gasteiger partial charge on any atom is 0.253 e. The van der Waals surface area contributed by atoms with E-state index in [4.69, 9.17) is 4.74 Å². The summed E-state index contributed by atoms with van der Waals surface area (Å²) in [5, 5.41) is 13.7. The molecule has 0 radical (unpaired) electrons. The van der Waals surface area contributed by atoms with Gasteiger partial charge < -0.3 is 9.72 Å². The van der Waals surface area contributed by atoms with E-state index in [2.05, 4.69) is 38.4 Å². The van der Waals surface area contributed by atoms with E-state index >= 15 is 0 Å². The maximum absolute atomic E-state index is 13.3. The standard InChI is InChI=1S/C22H28N6O2/c1-14-7-8-15(2)19-17(14)12-18(22(29)23-19)20(27-9-3-4-10-27)21-24-25-26-28(21)13-16-6-5-11-30-16/h7-8,12,16,20H,3-6,9-11,13H2,1-2H3,(H,23,29). The first kappa shape index (κ1) is 19.4. The summed E-state index contributed by atoms with van der Waals surface area (Å²) < 4.78 is 7.64. The highest BCUT2D eigenvalue weighted by molar-refractivity contribution is 5.85. The fourth-order valence-electron chi connectivity index (χ4n) is 4.81. The molecule has 2 unspecified atom stereocenters. The van der Waals surface area contributed by atoms with Crippen LogP contribution in [0.25, 0.3) is 10.9 Å². The first-order valence-corrected chi connectivity index (χ1v) is 10.9. The van der Waals surface area contributed by atoms with Gasteiger partial charge in [0.1, 0.15) is 6.04 Å². The Balaban J connectivity index is 1.63. The minimum Gasteiger partial charge on any atom is -0.376 e. The third kappa shape index (κ3) is 3.44. The number of rotatable bonds is 5. The lowest BCUT2D eigenvalue weighted by Crippen LogP contribution is -2.34. The van der Waals surface area contributed by atoms with Gasteiger partial charge >= 0.3 is 0 Å². The first-order chi connectivity index (χ1) is 14.6. The third-order valence-corrected chi connectivity index (χ3v) is 6.48. The minimum absolute atomic E-state index is 0.0697. The smallest absolute Gasteiger partial charge is 0.253 e. The zero-order valence-corrected chi connectivity index (χ0v) is 17.6. The Labute approximate surface area is 175 Å². The van der Waals surface area contributed by atoms with Crippen LogP contribution in [0.2, 0.25) is 0 Å². The fourth-order valence-corrected chi connectivity index (χ4v) is 4.81. The van der Waals surface area contributed by atoms with Gasteiger partial charge in [-0.25, -0.2) is 4.68 Å². The van der Waals surface area contributed by atoms with Crippen molar-refractivity contribution in [2.75, 3.05) is 19.7 Å². The molecule has 2 aliphatic heterocycles. The predicted molar refractivity (Wildman–Crippen MR) is 113 cm³/mol. The molecular formula is C22H28N6O2. The minimum atomic E-state index is -0.267. The van der Waals surface area contributed by atoms with E-state index in [-0.39, 0.29) is 17.7 Å². The largest absolute Gasteiger partial charge is 0.376 e. The number of ether oxygens (including phenoxy) is 1. The molecule has 1 aromatic carbocycles. The van der Waals surface area contributed by atoms with Crippen molar-refractivity contribution in [3.8, 4) is 0 Å². The second-order valence-corrected chi connectivity index (χ2v) is 8.54. The molecule has 158 valence electrons. The molecule has 0 saturated carbocycles. The molecule has 4 heterocycles. The number of fused-ring (bicyclic) bond motifs is 1. The van der Waals surface area contributed by atoms with Crippen molar-refractivity contribution in [1.82, 2.24) is 30.1 Å². The number of pyridine rings is 1. The molecule has 2 atom stereocenters. The summed E-state index contributed by atoms with van der Waals surface area (Å²) in [7, 11) is 0. The van der Waals surface area contributed by atoms with Gasteiger partial charge in [0, 0.05) is 17.6 Å². The average molecular weight is 409 g/mol. The van der Waals surface area contributed by atoms with Crippen LogP contribution in [0.15, 0.2) is 23.0 Å². The van der Waals surface area contributed by atoms with E-state index in [0.29, 0.717) is 12.1 Å². The molecule has 8 nitrogen and oxygen atoms in total. The van der Waals surface area contributed by atoms with Gasteiger partial charge in [-0.1, -0.05) is 12.1 Å². The highest BCUT2D eigenvalue weighted by Crippen LogP contribution is 2.31.